The first-order valence-corrected chi connectivity index (χ1v) is 9.94. The molecule has 138 valence electrons. The van der Waals surface area contributed by atoms with Crippen LogP contribution in [-0.4, -0.2) is 53.5 Å². The van der Waals surface area contributed by atoms with Crippen molar-refractivity contribution in [3.05, 3.63) is 23.0 Å². The number of hydrogen-bond acceptors (Lipinski definition) is 5. The highest BCUT2D eigenvalue weighted by atomic mass is 32.1. The quantitative estimate of drug-likeness (QED) is 0.731. The molecule has 2 aromatic rings. The van der Waals surface area contributed by atoms with Crippen LogP contribution in [-0.2, 0) is 16.1 Å². The number of thiazole rings is 1. The standard InChI is InChI=1S/C18H28N4O2S/c1-14-16(22-10-12-25-18(22)20-14)13-21-8-5-15(6-9-21)3-4-17(23)19-7-11-24-2/h10,12,15H,3-9,11,13H2,1-2H3,(H,19,23). The molecular weight excluding hydrogens is 336 g/mol. The average Bonchev–Trinajstić information content (AvgIpc) is 3.17. The van der Waals surface area contributed by atoms with Gasteiger partial charge in [0.15, 0.2) is 4.96 Å². The number of carbonyl (C=O) groups is 1. The molecule has 0 saturated carbocycles. The van der Waals surface area contributed by atoms with E-state index in [0.717, 1.165) is 36.7 Å². The highest BCUT2D eigenvalue weighted by Gasteiger charge is 2.21. The van der Waals surface area contributed by atoms with Crippen molar-refractivity contribution in [2.24, 2.45) is 5.92 Å². The molecule has 1 aliphatic heterocycles. The van der Waals surface area contributed by atoms with Crippen LogP contribution < -0.4 is 5.32 Å². The van der Waals surface area contributed by atoms with E-state index in [9.17, 15) is 4.79 Å². The van der Waals surface area contributed by atoms with Crippen molar-refractivity contribution in [3.8, 4) is 0 Å². The summed E-state index contributed by atoms with van der Waals surface area (Å²) in [6.45, 7) is 6.46. The third-order valence-corrected chi connectivity index (χ3v) is 5.81. The SMILES string of the molecule is COCCNC(=O)CCC1CCN(Cc2c(C)nc3sccn23)CC1. The summed E-state index contributed by atoms with van der Waals surface area (Å²) in [5.41, 5.74) is 2.45. The van der Waals surface area contributed by atoms with Crippen molar-refractivity contribution in [2.45, 2.75) is 39.2 Å². The zero-order valence-corrected chi connectivity index (χ0v) is 16.0. The average molecular weight is 365 g/mol. The van der Waals surface area contributed by atoms with E-state index in [-0.39, 0.29) is 5.91 Å². The van der Waals surface area contributed by atoms with Gasteiger partial charge in [-0.25, -0.2) is 4.98 Å². The van der Waals surface area contributed by atoms with Crippen LogP contribution in [0, 0.1) is 12.8 Å². The van der Waals surface area contributed by atoms with E-state index in [2.05, 4.69) is 38.1 Å². The van der Waals surface area contributed by atoms with E-state index in [4.69, 9.17) is 4.74 Å². The predicted octanol–water partition coefficient (Wildman–Crippen LogP) is 2.46. The maximum absolute atomic E-state index is 11.8. The number of hydrogen-bond donors (Lipinski definition) is 1. The molecule has 1 amide bonds. The number of aryl methyl sites for hydroxylation is 1. The Hall–Kier alpha value is -1.44. The number of rotatable bonds is 8. The Labute approximate surface area is 153 Å². The van der Waals surface area contributed by atoms with Gasteiger partial charge in [0.25, 0.3) is 0 Å². The first-order chi connectivity index (χ1) is 12.2. The largest absolute Gasteiger partial charge is 0.383 e. The summed E-state index contributed by atoms with van der Waals surface area (Å²) in [5.74, 6) is 0.811. The number of methoxy groups -OCH3 is 1. The first kappa shape index (κ1) is 18.4. The molecule has 0 aromatic carbocycles. The summed E-state index contributed by atoms with van der Waals surface area (Å²) in [7, 11) is 1.65. The summed E-state index contributed by atoms with van der Waals surface area (Å²) < 4.78 is 7.16. The number of likely N-dealkylation sites (tertiary alicyclic amines) is 1. The van der Waals surface area contributed by atoms with Gasteiger partial charge in [-0.2, -0.15) is 0 Å². The number of carbonyl (C=O) groups excluding carboxylic acids is 1. The molecule has 1 saturated heterocycles. The molecule has 2 aromatic heterocycles. The van der Waals surface area contributed by atoms with Crippen LogP contribution in [0.25, 0.3) is 4.96 Å². The monoisotopic (exact) mass is 364 g/mol. The number of nitrogens with zero attached hydrogens (tertiary/aromatic N) is 3. The van der Waals surface area contributed by atoms with Crippen molar-refractivity contribution in [2.75, 3.05) is 33.4 Å². The topological polar surface area (TPSA) is 58.9 Å². The second-order valence-electron chi connectivity index (χ2n) is 6.80. The second kappa shape index (κ2) is 8.78. The van der Waals surface area contributed by atoms with Crippen molar-refractivity contribution in [1.29, 1.82) is 0 Å². The van der Waals surface area contributed by atoms with Crippen molar-refractivity contribution < 1.29 is 9.53 Å². The number of fused-ring (bicyclic) bond motifs is 1. The normalized spacial score (nSPS) is 16.6. The van der Waals surface area contributed by atoms with E-state index in [1.165, 1.54) is 18.5 Å². The highest BCUT2D eigenvalue weighted by Crippen LogP contribution is 2.24. The maximum Gasteiger partial charge on any atom is 0.220 e. The van der Waals surface area contributed by atoms with Crippen molar-refractivity contribution >= 4 is 22.2 Å². The number of aromatic nitrogens is 2. The summed E-state index contributed by atoms with van der Waals surface area (Å²) in [5, 5.41) is 4.99. The van der Waals surface area contributed by atoms with E-state index in [1.807, 2.05) is 0 Å². The minimum atomic E-state index is 0.147. The summed E-state index contributed by atoms with van der Waals surface area (Å²) in [6, 6.07) is 0. The Morgan fingerprint density at radius 1 is 1.44 bits per heavy atom. The van der Waals surface area contributed by atoms with E-state index in [0.29, 0.717) is 25.5 Å². The Morgan fingerprint density at radius 3 is 3.00 bits per heavy atom. The fourth-order valence-corrected chi connectivity index (χ4v) is 4.27. The van der Waals surface area contributed by atoms with Crippen LogP contribution in [0.3, 0.4) is 0 Å². The smallest absolute Gasteiger partial charge is 0.220 e. The second-order valence-corrected chi connectivity index (χ2v) is 7.67. The fourth-order valence-electron chi connectivity index (χ4n) is 3.49. The third-order valence-electron chi connectivity index (χ3n) is 5.05. The van der Waals surface area contributed by atoms with Gasteiger partial charge in [-0.05, 0) is 45.2 Å². The molecule has 1 aliphatic rings. The molecule has 0 bridgehead atoms. The van der Waals surface area contributed by atoms with Gasteiger partial charge in [0.05, 0.1) is 18.0 Å². The molecular formula is C18H28N4O2S. The molecule has 0 unspecified atom stereocenters. The predicted molar refractivity (Wildman–Crippen MR) is 99.9 cm³/mol. The molecule has 3 rings (SSSR count). The lowest BCUT2D eigenvalue weighted by Crippen LogP contribution is -2.34. The molecule has 0 atom stereocenters. The molecule has 3 heterocycles. The first-order valence-electron chi connectivity index (χ1n) is 9.06. The van der Waals surface area contributed by atoms with Gasteiger partial charge in [-0.3, -0.25) is 14.1 Å². The summed E-state index contributed by atoms with van der Waals surface area (Å²) in [4.78, 5) is 20.0. The fraction of sp³-hybridized carbons (Fsp3) is 0.667. The Balaban J connectivity index is 1.41. The minimum absolute atomic E-state index is 0.147. The van der Waals surface area contributed by atoms with Crippen LogP contribution >= 0.6 is 11.3 Å². The van der Waals surface area contributed by atoms with Crippen molar-refractivity contribution in [1.82, 2.24) is 19.6 Å². The van der Waals surface area contributed by atoms with Crippen LogP contribution in [0.5, 0.6) is 0 Å². The Kier molecular flexibility index (Phi) is 6.45. The maximum atomic E-state index is 11.8. The molecule has 1 N–H and O–H groups in total. The van der Waals surface area contributed by atoms with E-state index < -0.39 is 0 Å². The lowest BCUT2D eigenvalue weighted by Gasteiger charge is -2.31. The minimum Gasteiger partial charge on any atom is -0.383 e. The van der Waals surface area contributed by atoms with Gasteiger partial charge in [-0.15, -0.1) is 11.3 Å². The van der Waals surface area contributed by atoms with Crippen LogP contribution in [0.1, 0.15) is 37.1 Å². The number of imidazole rings is 1. The summed E-state index contributed by atoms with van der Waals surface area (Å²) >= 11 is 1.69. The van der Waals surface area contributed by atoms with Crippen molar-refractivity contribution in [3.63, 3.8) is 0 Å². The number of ether oxygens (including phenoxy) is 1. The summed E-state index contributed by atoms with van der Waals surface area (Å²) in [6.07, 6.45) is 6.09. The zero-order chi connectivity index (χ0) is 17.6. The lowest BCUT2D eigenvalue weighted by molar-refractivity contribution is -0.121. The lowest BCUT2D eigenvalue weighted by atomic mass is 9.92. The van der Waals surface area contributed by atoms with Crippen LogP contribution in [0.2, 0.25) is 0 Å². The molecule has 25 heavy (non-hydrogen) atoms. The number of amides is 1. The van der Waals surface area contributed by atoms with E-state index in [1.54, 1.807) is 18.4 Å². The Bertz CT molecular complexity index is 688. The van der Waals surface area contributed by atoms with Crippen LogP contribution in [0.4, 0.5) is 0 Å². The van der Waals surface area contributed by atoms with E-state index >= 15 is 0 Å². The molecule has 7 heteroatoms. The van der Waals surface area contributed by atoms with Gasteiger partial charge < -0.3 is 10.1 Å². The molecule has 0 spiro atoms. The highest BCUT2D eigenvalue weighted by molar-refractivity contribution is 7.15. The van der Waals surface area contributed by atoms with Gasteiger partial charge in [0, 0.05) is 38.2 Å². The van der Waals surface area contributed by atoms with Gasteiger partial charge in [-0.1, -0.05) is 0 Å². The number of piperidine rings is 1. The molecule has 0 aliphatic carbocycles. The number of nitrogens with one attached hydrogen (secondary N) is 1. The van der Waals surface area contributed by atoms with Crippen LogP contribution in [0.15, 0.2) is 11.6 Å². The van der Waals surface area contributed by atoms with Gasteiger partial charge in [0.1, 0.15) is 0 Å². The van der Waals surface area contributed by atoms with Gasteiger partial charge in [0.2, 0.25) is 5.91 Å². The van der Waals surface area contributed by atoms with Gasteiger partial charge >= 0.3 is 0 Å². The molecule has 1 fully saturated rings. The Morgan fingerprint density at radius 2 is 2.24 bits per heavy atom. The zero-order valence-electron chi connectivity index (χ0n) is 15.2. The third kappa shape index (κ3) is 4.80. The molecule has 6 nitrogen and oxygen atoms in total. The molecule has 0 radical (unpaired) electrons.